The van der Waals surface area contributed by atoms with Gasteiger partial charge in [0.05, 0.1) is 23.9 Å². The van der Waals surface area contributed by atoms with Crippen molar-refractivity contribution in [2.45, 2.75) is 16.7 Å². The number of primary amides is 1. The molecule has 0 saturated carbocycles. The van der Waals surface area contributed by atoms with E-state index >= 15 is 0 Å². The Bertz CT molecular complexity index is 1520. The van der Waals surface area contributed by atoms with E-state index in [9.17, 15) is 9.59 Å². The second-order valence-corrected chi connectivity index (χ2v) is 10.2. The SMILES string of the molecule is COc1cccc(Nc2c(C(N)=O)cnc3c(C)cc(Sc4cccc(C(=O)N5CCNCC5)c4)cc23)c1. The van der Waals surface area contributed by atoms with Gasteiger partial charge in [-0.15, -0.1) is 0 Å². The Hall–Kier alpha value is -4.08. The lowest BCUT2D eigenvalue weighted by atomic mass is 10.1. The predicted octanol–water partition coefficient (Wildman–Crippen LogP) is 4.59. The van der Waals surface area contributed by atoms with Crippen molar-refractivity contribution < 1.29 is 14.3 Å². The molecule has 1 fully saturated rings. The Morgan fingerprint density at radius 1 is 1.05 bits per heavy atom. The minimum absolute atomic E-state index is 0.0451. The number of aryl methyl sites for hydroxylation is 1. The lowest BCUT2D eigenvalue weighted by Crippen LogP contribution is -2.46. The molecule has 0 aliphatic carbocycles. The molecule has 5 rings (SSSR count). The van der Waals surface area contributed by atoms with Gasteiger partial charge in [-0.3, -0.25) is 14.6 Å². The van der Waals surface area contributed by atoms with E-state index in [1.807, 2.05) is 66.4 Å². The molecular formula is C29H29N5O3S. The number of nitrogens with one attached hydrogen (secondary N) is 2. The van der Waals surface area contributed by atoms with Gasteiger partial charge >= 0.3 is 0 Å². The first-order valence-corrected chi connectivity index (χ1v) is 13.2. The van der Waals surface area contributed by atoms with Gasteiger partial charge in [0.15, 0.2) is 0 Å². The van der Waals surface area contributed by atoms with Gasteiger partial charge in [0.25, 0.3) is 11.8 Å². The minimum atomic E-state index is -0.570. The molecule has 2 amide bonds. The van der Waals surface area contributed by atoms with Crippen molar-refractivity contribution in [2.75, 3.05) is 38.6 Å². The van der Waals surface area contributed by atoms with E-state index in [0.29, 0.717) is 35.7 Å². The average molecular weight is 528 g/mol. The molecule has 0 radical (unpaired) electrons. The van der Waals surface area contributed by atoms with Gasteiger partial charge in [-0.05, 0) is 55.0 Å². The highest BCUT2D eigenvalue weighted by Crippen LogP contribution is 2.37. The van der Waals surface area contributed by atoms with E-state index in [4.69, 9.17) is 10.5 Å². The van der Waals surface area contributed by atoms with Crippen LogP contribution in [0.5, 0.6) is 5.75 Å². The van der Waals surface area contributed by atoms with Crippen molar-refractivity contribution in [3.63, 3.8) is 0 Å². The lowest BCUT2D eigenvalue weighted by Gasteiger charge is -2.27. The number of hydrogen-bond acceptors (Lipinski definition) is 7. The highest BCUT2D eigenvalue weighted by atomic mass is 32.2. The molecule has 0 atom stereocenters. The summed E-state index contributed by atoms with van der Waals surface area (Å²) in [5.41, 5.74) is 9.78. The van der Waals surface area contributed by atoms with Gasteiger partial charge in [-0.25, -0.2) is 0 Å². The Labute approximate surface area is 225 Å². The molecule has 1 aliphatic rings. The first-order valence-electron chi connectivity index (χ1n) is 12.3. The summed E-state index contributed by atoms with van der Waals surface area (Å²) < 4.78 is 5.35. The number of ether oxygens (including phenoxy) is 1. The topological polar surface area (TPSA) is 110 Å². The number of hydrogen-bond donors (Lipinski definition) is 3. The van der Waals surface area contributed by atoms with Crippen LogP contribution in [0.15, 0.2) is 76.7 Å². The maximum atomic E-state index is 13.0. The van der Waals surface area contributed by atoms with Gasteiger partial charge in [-0.1, -0.05) is 23.9 Å². The molecule has 1 aliphatic heterocycles. The van der Waals surface area contributed by atoms with Crippen LogP contribution in [0.3, 0.4) is 0 Å². The van der Waals surface area contributed by atoms with E-state index in [2.05, 4.69) is 21.7 Å². The van der Waals surface area contributed by atoms with Crippen LogP contribution in [-0.4, -0.2) is 55.0 Å². The average Bonchev–Trinajstić information content (AvgIpc) is 2.93. The summed E-state index contributed by atoms with van der Waals surface area (Å²) in [5, 5.41) is 7.42. The molecule has 1 aromatic heterocycles. The third kappa shape index (κ3) is 5.44. The van der Waals surface area contributed by atoms with Gasteiger partial charge in [-0.2, -0.15) is 0 Å². The van der Waals surface area contributed by atoms with Crippen molar-refractivity contribution in [3.05, 3.63) is 83.6 Å². The summed E-state index contributed by atoms with van der Waals surface area (Å²) in [7, 11) is 1.61. The van der Waals surface area contributed by atoms with Crippen LogP contribution in [0, 0.1) is 6.92 Å². The number of piperazine rings is 1. The van der Waals surface area contributed by atoms with Gasteiger partial charge in [0, 0.05) is 64.9 Å². The number of benzene rings is 3. The number of amides is 2. The summed E-state index contributed by atoms with van der Waals surface area (Å²) >= 11 is 1.56. The quantitative estimate of drug-likeness (QED) is 0.322. The Kier molecular flexibility index (Phi) is 7.48. The molecule has 4 aromatic rings. The molecule has 38 heavy (non-hydrogen) atoms. The Morgan fingerprint density at radius 3 is 2.61 bits per heavy atom. The van der Waals surface area contributed by atoms with E-state index < -0.39 is 5.91 Å². The fourth-order valence-corrected chi connectivity index (χ4v) is 5.57. The number of anilines is 2. The lowest BCUT2D eigenvalue weighted by molar-refractivity contribution is 0.0735. The monoisotopic (exact) mass is 527 g/mol. The number of fused-ring (bicyclic) bond motifs is 1. The number of rotatable bonds is 7. The van der Waals surface area contributed by atoms with Crippen molar-refractivity contribution >= 4 is 45.9 Å². The van der Waals surface area contributed by atoms with Crippen molar-refractivity contribution in [1.29, 1.82) is 0 Å². The third-order valence-electron chi connectivity index (χ3n) is 6.46. The molecule has 4 N–H and O–H groups in total. The van der Waals surface area contributed by atoms with E-state index in [-0.39, 0.29) is 5.91 Å². The number of aromatic nitrogens is 1. The van der Waals surface area contributed by atoms with Crippen LogP contribution in [0.4, 0.5) is 11.4 Å². The number of nitrogens with two attached hydrogens (primary N) is 1. The fourth-order valence-electron chi connectivity index (χ4n) is 4.55. The molecule has 0 bridgehead atoms. The fraction of sp³-hybridized carbons (Fsp3) is 0.207. The zero-order valence-corrected chi connectivity index (χ0v) is 22.1. The van der Waals surface area contributed by atoms with Crippen molar-refractivity contribution in [1.82, 2.24) is 15.2 Å². The predicted molar refractivity (Wildman–Crippen MR) is 151 cm³/mol. The van der Waals surface area contributed by atoms with Crippen LogP contribution >= 0.6 is 11.8 Å². The van der Waals surface area contributed by atoms with Gasteiger partial charge in [0.2, 0.25) is 0 Å². The highest BCUT2D eigenvalue weighted by molar-refractivity contribution is 7.99. The number of nitrogens with zero attached hydrogens (tertiary/aromatic N) is 2. The Balaban J connectivity index is 1.51. The van der Waals surface area contributed by atoms with Crippen LogP contribution in [0.25, 0.3) is 10.9 Å². The van der Waals surface area contributed by atoms with E-state index in [0.717, 1.165) is 45.0 Å². The number of carbonyl (C=O) groups is 2. The van der Waals surface area contributed by atoms with Crippen LogP contribution in [-0.2, 0) is 0 Å². The second-order valence-electron chi connectivity index (χ2n) is 9.08. The molecule has 9 heteroatoms. The van der Waals surface area contributed by atoms with Crippen LogP contribution in [0.2, 0.25) is 0 Å². The second kappa shape index (κ2) is 11.1. The third-order valence-corrected chi connectivity index (χ3v) is 7.42. The summed E-state index contributed by atoms with van der Waals surface area (Å²) in [6.07, 6.45) is 1.51. The van der Waals surface area contributed by atoms with Crippen molar-refractivity contribution in [3.8, 4) is 5.75 Å². The zero-order valence-electron chi connectivity index (χ0n) is 21.3. The normalized spacial score (nSPS) is 13.4. The largest absolute Gasteiger partial charge is 0.497 e. The molecule has 0 spiro atoms. The first-order chi connectivity index (χ1) is 18.4. The maximum Gasteiger partial charge on any atom is 0.253 e. The van der Waals surface area contributed by atoms with Crippen LogP contribution in [0.1, 0.15) is 26.3 Å². The zero-order chi connectivity index (χ0) is 26.6. The van der Waals surface area contributed by atoms with Gasteiger partial charge in [0.1, 0.15) is 5.75 Å². The van der Waals surface area contributed by atoms with E-state index in [1.54, 1.807) is 18.9 Å². The van der Waals surface area contributed by atoms with E-state index in [1.165, 1.54) is 6.20 Å². The first kappa shape index (κ1) is 25.6. The molecular weight excluding hydrogens is 498 g/mol. The minimum Gasteiger partial charge on any atom is -0.497 e. The Morgan fingerprint density at radius 2 is 1.84 bits per heavy atom. The number of carbonyl (C=O) groups excluding carboxylic acids is 2. The smallest absolute Gasteiger partial charge is 0.253 e. The molecule has 2 heterocycles. The molecule has 8 nitrogen and oxygen atoms in total. The molecule has 1 saturated heterocycles. The summed E-state index contributed by atoms with van der Waals surface area (Å²) in [6.45, 7) is 5.02. The number of methoxy groups -OCH3 is 1. The molecule has 0 unspecified atom stereocenters. The highest BCUT2D eigenvalue weighted by Gasteiger charge is 2.19. The van der Waals surface area contributed by atoms with Crippen LogP contribution < -0.4 is 21.1 Å². The van der Waals surface area contributed by atoms with Gasteiger partial charge < -0.3 is 26.0 Å². The molecule has 3 aromatic carbocycles. The summed E-state index contributed by atoms with van der Waals surface area (Å²) in [4.78, 5) is 33.7. The summed E-state index contributed by atoms with van der Waals surface area (Å²) in [5.74, 6) is 0.167. The van der Waals surface area contributed by atoms with Crippen molar-refractivity contribution in [2.24, 2.45) is 5.73 Å². The maximum absolute atomic E-state index is 13.0. The number of pyridine rings is 1. The molecule has 194 valence electrons. The summed E-state index contributed by atoms with van der Waals surface area (Å²) in [6, 6.07) is 19.2. The standard InChI is InChI=1S/C29H29N5O3S/c1-18-13-23(38-22-8-3-5-19(14-22)29(36)34-11-9-31-10-12-34)16-24-26(18)32-17-25(28(30)35)27(24)33-20-6-4-7-21(15-20)37-2/h3-8,13-17,31H,9-12H2,1-2H3,(H2,30,35)(H,32,33).